The average molecular weight is 851 g/mol. The largest absolute Gasteiger partial charge is 0.452 e. The molecule has 304 valence electrons. The molecule has 14 rings (SSSR count). The number of rotatable bonds is 6. The maximum atomic E-state index is 7.39. The van der Waals surface area contributed by atoms with Gasteiger partial charge in [0.05, 0.1) is 56.5 Å². The highest BCUT2D eigenvalue weighted by molar-refractivity contribution is 7.20. The monoisotopic (exact) mass is 850 g/mol. The lowest BCUT2D eigenvalue weighted by atomic mass is 10.1. The van der Waals surface area contributed by atoms with Crippen LogP contribution in [0.25, 0.3) is 98.9 Å². The molecule has 0 saturated heterocycles. The van der Waals surface area contributed by atoms with Crippen molar-refractivity contribution >= 4 is 117 Å². The van der Waals surface area contributed by atoms with Crippen LogP contribution < -0.4 is 21.0 Å². The molecule has 0 bridgehead atoms. The zero-order valence-corrected chi connectivity index (χ0v) is 35.6. The Morgan fingerprint density at radius 3 is 1.18 bits per heavy atom. The Bertz CT molecular complexity index is 3830. The van der Waals surface area contributed by atoms with Gasteiger partial charge in [0.25, 0.3) is 0 Å². The fourth-order valence-corrected chi connectivity index (χ4v) is 15.3. The van der Waals surface area contributed by atoms with Gasteiger partial charge in [-0.2, -0.15) is 0 Å². The highest BCUT2D eigenvalue weighted by Gasteiger charge is 2.49. The number of aromatic nitrogens is 6. The van der Waals surface area contributed by atoms with E-state index in [9.17, 15) is 0 Å². The van der Waals surface area contributed by atoms with Gasteiger partial charge in [0.1, 0.15) is 0 Å². The summed E-state index contributed by atoms with van der Waals surface area (Å²) in [5.74, 6) is 0. The molecule has 0 aliphatic heterocycles. The van der Waals surface area contributed by atoms with Crippen molar-refractivity contribution in [2.75, 3.05) is 0 Å². The summed E-state index contributed by atoms with van der Waals surface area (Å²) in [6, 6.07) is 59.6. The molecule has 0 amide bonds. The second-order valence-electron chi connectivity index (χ2n) is 16.6. The van der Waals surface area contributed by atoms with Gasteiger partial charge in [-0.05, 0) is 58.9 Å². The van der Waals surface area contributed by atoms with Crippen LogP contribution in [-0.4, -0.2) is 37.1 Å². The minimum atomic E-state index is -3.54. The number of para-hydroxylation sites is 4. The van der Waals surface area contributed by atoms with E-state index >= 15 is 0 Å². The van der Waals surface area contributed by atoms with E-state index in [4.69, 9.17) is 18.8 Å². The number of pyridine rings is 4. The predicted octanol–water partition coefficient (Wildman–Crippen LogP) is 10.6. The third-order valence-corrected chi connectivity index (χ3v) is 17.9. The van der Waals surface area contributed by atoms with E-state index in [1.807, 2.05) is 37.2 Å². The summed E-state index contributed by atoms with van der Waals surface area (Å²) in [4.78, 5) is 20.0. The zero-order chi connectivity index (χ0) is 42.6. The normalized spacial score (nSPS) is 12.3. The standard InChI is InChI=1S/C56H34N6O2Si/c1-3-13-35(14-4-1)65(36-15-5-2-6-16-36,55-53-43(27-31-59-55)41-19-11-23-47(51(41)63-53)61-45-21-9-7-17-37(45)39-25-29-57-33-49(39)61)56-54-44(28-32-60-56)42-20-12-24-48(52(42)64-54)62-46-22-10-8-18-38(46)40-26-30-58-34-50(40)62/h1-34H. The molecule has 0 fully saturated rings. The second kappa shape index (κ2) is 13.7. The van der Waals surface area contributed by atoms with Crippen LogP contribution in [0, 0.1) is 0 Å². The Morgan fingerprint density at radius 1 is 0.323 bits per heavy atom. The first-order valence-electron chi connectivity index (χ1n) is 21.7. The van der Waals surface area contributed by atoms with Crippen LogP contribution in [0.2, 0.25) is 0 Å². The Labute approximate surface area is 371 Å². The molecular weight excluding hydrogens is 817 g/mol. The van der Waals surface area contributed by atoms with E-state index in [1.165, 1.54) is 0 Å². The number of hydrogen-bond acceptors (Lipinski definition) is 6. The molecular formula is C56H34N6O2Si. The summed E-state index contributed by atoms with van der Waals surface area (Å²) >= 11 is 0. The average Bonchev–Trinajstić information content (AvgIpc) is 4.14. The predicted molar refractivity (Wildman–Crippen MR) is 264 cm³/mol. The van der Waals surface area contributed by atoms with Crippen LogP contribution in [0.1, 0.15) is 0 Å². The Balaban J connectivity index is 1.10. The quantitative estimate of drug-likeness (QED) is 0.155. The third-order valence-electron chi connectivity index (χ3n) is 13.3. The molecule has 65 heavy (non-hydrogen) atoms. The molecule has 0 N–H and O–H groups in total. The highest BCUT2D eigenvalue weighted by atomic mass is 28.3. The Kier molecular flexibility index (Phi) is 7.54. The van der Waals surface area contributed by atoms with E-state index in [-0.39, 0.29) is 0 Å². The molecule has 8 heterocycles. The molecule has 6 aromatic carbocycles. The van der Waals surface area contributed by atoms with E-state index in [1.54, 1.807) is 0 Å². The number of benzene rings is 6. The second-order valence-corrected chi connectivity index (χ2v) is 20.2. The van der Waals surface area contributed by atoms with E-state index in [0.717, 1.165) is 120 Å². The van der Waals surface area contributed by atoms with Gasteiger partial charge in [-0.1, -0.05) is 121 Å². The van der Waals surface area contributed by atoms with Gasteiger partial charge in [0.15, 0.2) is 22.3 Å². The van der Waals surface area contributed by atoms with Crippen molar-refractivity contribution in [3.63, 3.8) is 0 Å². The molecule has 0 radical (unpaired) electrons. The lowest BCUT2D eigenvalue weighted by molar-refractivity contribution is 0.666. The SMILES string of the molecule is c1ccc([Si](c2ccccc2)(c2nccc3c2oc2c(-n4c5ccccc5c5ccncc54)cccc23)c2nccc3c2oc2c(-n4c5ccccc5c5ccncc54)cccc23)cc1. The molecule has 0 aliphatic carbocycles. The zero-order valence-electron chi connectivity index (χ0n) is 34.6. The van der Waals surface area contributed by atoms with Crippen molar-refractivity contribution < 1.29 is 8.83 Å². The van der Waals surface area contributed by atoms with Crippen molar-refractivity contribution in [1.82, 2.24) is 29.1 Å². The van der Waals surface area contributed by atoms with Gasteiger partial charge >= 0.3 is 0 Å². The number of fused-ring (bicyclic) bond motifs is 12. The van der Waals surface area contributed by atoms with Crippen LogP contribution in [0.3, 0.4) is 0 Å². The van der Waals surface area contributed by atoms with Crippen molar-refractivity contribution in [3.8, 4) is 11.4 Å². The minimum absolute atomic E-state index is 0.724. The molecule has 0 atom stereocenters. The Morgan fingerprint density at radius 2 is 0.708 bits per heavy atom. The van der Waals surface area contributed by atoms with Gasteiger partial charge in [-0.3, -0.25) is 19.9 Å². The molecule has 0 saturated carbocycles. The fraction of sp³-hybridized carbons (Fsp3) is 0. The van der Waals surface area contributed by atoms with E-state index in [0.29, 0.717) is 0 Å². The minimum Gasteiger partial charge on any atom is -0.452 e. The van der Waals surface area contributed by atoms with Crippen LogP contribution in [0.4, 0.5) is 0 Å². The summed E-state index contributed by atoms with van der Waals surface area (Å²) in [5.41, 5.74) is 9.03. The maximum Gasteiger partial charge on any atom is 0.233 e. The number of furan rings is 2. The van der Waals surface area contributed by atoms with Gasteiger partial charge < -0.3 is 18.0 Å². The van der Waals surface area contributed by atoms with Crippen LogP contribution in [0.5, 0.6) is 0 Å². The number of hydrogen-bond donors (Lipinski definition) is 0. The molecule has 8 aromatic heterocycles. The highest BCUT2D eigenvalue weighted by Crippen LogP contribution is 2.40. The molecule has 0 unspecified atom stereocenters. The molecule has 0 aliphatic rings. The smallest absolute Gasteiger partial charge is 0.233 e. The van der Waals surface area contributed by atoms with Crippen LogP contribution >= 0.6 is 0 Å². The van der Waals surface area contributed by atoms with Crippen molar-refractivity contribution in [1.29, 1.82) is 0 Å². The first-order chi connectivity index (χ1) is 32.3. The van der Waals surface area contributed by atoms with Crippen molar-refractivity contribution in [2.45, 2.75) is 0 Å². The van der Waals surface area contributed by atoms with E-state index < -0.39 is 8.07 Å². The van der Waals surface area contributed by atoms with E-state index in [2.05, 4.69) is 189 Å². The summed E-state index contributed by atoms with van der Waals surface area (Å²) in [5, 5.41) is 12.4. The maximum absolute atomic E-state index is 7.39. The first-order valence-corrected chi connectivity index (χ1v) is 23.7. The Hall–Kier alpha value is -8.66. The summed E-state index contributed by atoms with van der Waals surface area (Å²) in [6.07, 6.45) is 11.5. The third kappa shape index (κ3) is 4.89. The molecule has 8 nitrogen and oxygen atoms in total. The topological polar surface area (TPSA) is 87.7 Å². The lowest BCUT2D eigenvalue weighted by Crippen LogP contribution is -2.76. The van der Waals surface area contributed by atoms with Gasteiger partial charge in [0.2, 0.25) is 8.07 Å². The first kappa shape index (κ1) is 35.9. The van der Waals surface area contributed by atoms with Gasteiger partial charge in [-0.25, -0.2) is 0 Å². The van der Waals surface area contributed by atoms with Crippen molar-refractivity contribution in [2.24, 2.45) is 0 Å². The van der Waals surface area contributed by atoms with Crippen LogP contribution in [0.15, 0.2) is 216 Å². The fourth-order valence-electron chi connectivity index (χ4n) is 10.7. The van der Waals surface area contributed by atoms with Gasteiger partial charge in [-0.15, -0.1) is 0 Å². The van der Waals surface area contributed by atoms with Gasteiger partial charge in [0, 0.05) is 67.9 Å². The molecule has 9 heteroatoms. The van der Waals surface area contributed by atoms with Crippen LogP contribution in [-0.2, 0) is 0 Å². The molecule has 0 spiro atoms. The molecule has 14 aromatic rings. The summed E-state index contributed by atoms with van der Waals surface area (Å²) in [6.45, 7) is 0. The lowest BCUT2D eigenvalue weighted by Gasteiger charge is -2.31. The summed E-state index contributed by atoms with van der Waals surface area (Å²) < 4.78 is 19.3. The number of nitrogens with zero attached hydrogens (tertiary/aromatic N) is 6. The summed E-state index contributed by atoms with van der Waals surface area (Å²) in [7, 11) is -3.54. The van der Waals surface area contributed by atoms with Crippen molar-refractivity contribution in [3.05, 3.63) is 207 Å².